The van der Waals surface area contributed by atoms with Crippen molar-refractivity contribution in [1.82, 2.24) is 9.21 Å². The third-order valence-corrected chi connectivity index (χ3v) is 6.65. The molecule has 0 unspecified atom stereocenters. The number of rotatable bonds is 5. The van der Waals surface area contributed by atoms with E-state index in [1.807, 2.05) is 0 Å². The van der Waals surface area contributed by atoms with Crippen LogP contribution in [0.3, 0.4) is 0 Å². The predicted molar refractivity (Wildman–Crippen MR) is 82.2 cm³/mol. The molecule has 0 bridgehead atoms. The lowest BCUT2D eigenvalue weighted by atomic mass is 9.98. The number of nitrogens with two attached hydrogens (primary N) is 1. The molecule has 7 heteroatoms. The minimum Gasteiger partial charge on any atom is -0.326 e. The first-order chi connectivity index (χ1) is 9.43. The molecule has 1 aliphatic heterocycles. The fraction of sp³-hybridized carbons (Fsp3) is 0.692. The molecule has 20 heavy (non-hydrogen) atoms. The first-order valence-electron chi connectivity index (χ1n) is 6.86. The Morgan fingerprint density at radius 2 is 2.05 bits per heavy atom. The molecule has 5 nitrogen and oxygen atoms in total. The maximum absolute atomic E-state index is 12.5. The largest absolute Gasteiger partial charge is 0.326 e. The van der Waals surface area contributed by atoms with E-state index < -0.39 is 10.0 Å². The molecule has 2 heterocycles. The van der Waals surface area contributed by atoms with E-state index in [1.54, 1.807) is 15.8 Å². The van der Waals surface area contributed by atoms with Gasteiger partial charge in [-0.15, -0.1) is 11.3 Å². The van der Waals surface area contributed by atoms with Gasteiger partial charge in [0, 0.05) is 36.4 Å². The highest BCUT2D eigenvalue weighted by molar-refractivity contribution is 7.89. The molecule has 0 saturated carbocycles. The minimum absolute atomic E-state index is 0.394. The third-order valence-electron chi connectivity index (χ3n) is 3.67. The molecule has 1 fully saturated rings. The summed E-state index contributed by atoms with van der Waals surface area (Å²) in [6.07, 6.45) is 1.87. The van der Waals surface area contributed by atoms with Crippen LogP contribution in [0, 0.1) is 5.92 Å². The van der Waals surface area contributed by atoms with Gasteiger partial charge in [-0.1, -0.05) is 0 Å². The third kappa shape index (κ3) is 3.59. The van der Waals surface area contributed by atoms with E-state index in [-0.39, 0.29) is 0 Å². The Balaban J connectivity index is 2.02. The van der Waals surface area contributed by atoms with E-state index in [0.29, 0.717) is 30.4 Å². The van der Waals surface area contributed by atoms with Crippen molar-refractivity contribution in [2.75, 3.05) is 33.7 Å². The van der Waals surface area contributed by atoms with Gasteiger partial charge in [-0.25, -0.2) is 8.42 Å². The standard InChI is InChI=1S/C13H23N3O2S2/c1-15(2)9-11-3-5-16(6-4-11)20(17,18)13-7-12(8-14)19-10-13/h7,10-11H,3-6,8-9,14H2,1-2H3. The van der Waals surface area contributed by atoms with Crippen LogP contribution in [0.25, 0.3) is 0 Å². The maximum Gasteiger partial charge on any atom is 0.243 e. The van der Waals surface area contributed by atoms with E-state index in [4.69, 9.17) is 5.73 Å². The van der Waals surface area contributed by atoms with Crippen molar-refractivity contribution in [3.05, 3.63) is 16.3 Å². The zero-order chi connectivity index (χ0) is 14.8. The van der Waals surface area contributed by atoms with Crippen molar-refractivity contribution in [2.45, 2.75) is 24.3 Å². The van der Waals surface area contributed by atoms with Gasteiger partial charge >= 0.3 is 0 Å². The molecule has 0 spiro atoms. The molecule has 0 atom stereocenters. The summed E-state index contributed by atoms with van der Waals surface area (Å²) in [6.45, 7) is 2.66. The summed E-state index contributed by atoms with van der Waals surface area (Å²) >= 11 is 1.41. The van der Waals surface area contributed by atoms with Crippen molar-refractivity contribution >= 4 is 21.4 Å². The fourth-order valence-electron chi connectivity index (χ4n) is 2.60. The molecular weight excluding hydrogens is 294 g/mol. The van der Waals surface area contributed by atoms with Gasteiger partial charge in [0.05, 0.1) is 4.90 Å². The van der Waals surface area contributed by atoms with Crippen molar-refractivity contribution in [3.63, 3.8) is 0 Å². The summed E-state index contributed by atoms with van der Waals surface area (Å²) < 4.78 is 26.7. The first-order valence-corrected chi connectivity index (χ1v) is 9.18. The van der Waals surface area contributed by atoms with Crippen LogP contribution in [-0.2, 0) is 16.6 Å². The van der Waals surface area contributed by atoms with Crippen molar-refractivity contribution in [1.29, 1.82) is 0 Å². The van der Waals surface area contributed by atoms with Gasteiger partial charge in [0.1, 0.15) is 0 Å². The van der Waals surface area contributed by atoms with E-state index in [2.05, 4.69) is 19.0 Å². The molecule has 1 saturated heterocycles. The van der Waals surface area contributed by atoms with Crippen LogP contribution in [-0.4, -0.2) is 51.4 Å². The fourth-order valence-corrected chi connectivity index (χ4v) is 5.21. The van der Waals surface area contributed by atoms with Crippen LogP contribution in [0.5, 0.6) is 0 Å². The lowest BCUT2D eigenvalue weighted by Crippen LogP contribution is -2.40. The quantitative estimate of drug-likeness (QED) is 0.885. The average molecular weight is 317 g/mol. The van der Waals surface area contributed by atoms with Gasteiger partial charge in [-0.2, -0.15) is 4.31 Å². The number of nitrogens with zero attached hydrogens (tertiary/aromatic N) is 2. The second-order valence-electron chi connectivity index (χ2n) is 5.56. The number of piperidine rings is 1. The Bertz CT molecular complexity index is 532. The van der Waals surface area contributed by atoms with Gasteiger partial charge in [0.2, 0.25) is 10.0 Å². The average Bonchev–Trinajstić information content (AvgIpc) is 2.88. The molecule has 0 aliphatic carbocycles. The molecule has 114 valence electrons. The Kier molecular flexibility index (Phi) is 5.19. The van der Waals surface area contributed by atoms with Gasteiger partial charge in [-0.3, -0.25) is 0 Å². The second kappa shape index (κ2) is 6.53. The van der Waals surface area contributed by atoms with Crippen LogP contribution >= 0.6 is 11.3 Å². The first kappa shape index (κ1) is 15.9. The topological polar surface area (TPSA) is 66.6 Å². The van der Waals surface area contributed by atoms with Gasteiger partial charge < -0.3 is 10.6 Å². The number of hydrogen-bond acceptors (Lipinski definition) is 5. The minimum atomic E-state index is -3.33. The molecule has 1 aromatic rings. The molecule has 2 N–H and O–H groups in total. The molecule has 0 aromatic carbocycles. The smallest absolute Gasteiger partial charge is 0.243 e. The van der Waals surface area contributed by atoms with Gasteiger partial charge in [-0.05, 0) is 38.9 Å². The number of sulfonamides is 1. The maximum atomic E-state index is 12.5. The highest BCUT2D eigenvalue weighted by Crippen LogP contribution is 2.26. The zero-order valence-electron chi connectivity index (χ0n) is 12.1. The van der Waals surface area contributed by atoms with E-state index in [0.717, 1.165) is 24.3 Å². The molecule has 0 amide bonds. The van der Waals surface area contributed by atoms with Gasteiger partial charge in [0.25, 0.3) is 0 Å². The summed E-state index contributed by atoms with van der Waals surface area (Å²) in [4.78, 5) is 3.47. The van der Waals surface area contributed by atoms with Crippen molar-refractivity contribution < 1.29 is 8.42 Å². The van der Waals surface area contributed by atoms with E-state index in [1.165, 1.54) is 11.3 Å². The Morgan fingerprint density at radius 3 is 2.55 bits per heavy atom. The predicted octanol–water partition coefficient (Wildman–Crippen LogP) is 1.17. The molecule has 1 aromatic heterocycles. The molecule has 2 rings (SSSR count). The summed E-state index contributed by atoms with van der Waals surface area (Å²) in [5.74, 6) is 0.596. The molecule has 1 aliphatic rings. The van der Waals surface area contributed by atoms with Crippen LogP contribution in [0.15, 0.2) is 16.3 Å². The van der Waals surface area contributed by atoms with Crippen LogP contribution < -0.4 is 5.73 Å². The Labute approximate surface area is 125 Å². The Hall–Kier alpha value is -0.470. The lowest BCUT2D eigenvalue weighted by Gasteiger charge is -2.32. The second-order valence-corrected chi connectivity index (χ2v) is 8.50. The highest BCUT2D eigenvalue weighted by atomic mass is 32.2. The van der Waals surface area contributed by atoms with E-state index in [9.17, 15) is 8.42 Å². The van der Waals surface area contributed by atoms with Gasteiger partial charge in [0.15, 0.2) is 0 Å². The number of thiophene rings is 1. The number of hydrogen-bond donors (Lipinski definition) is 1. The molecule has 0 radical (unpaired) electrons. The van der Waals surface area contributed by atoms with Crippen LogP contribution in [0.2, 0.25) is 0 Å². The summed E-state index contributed by atoms with van der Waals surface area (Å²) in [7, 11) is 0.788. The van der Waals surface area contributed by atoms with Crippen LogP contribution in [0.1, 0.15) is 17.7 Å². The Morgan fingerprint density at radius 1 is 1.40 bits per heavy atom. The lowest BCUT2D eigenvalue weighted by molar-refractivity contribution is 0.225. The monoisotopic (exact) mass is 317 g/mol. The highest BCUT2D eigenvalue weighted by Gasteiger charge is 2.30. The normalized spacial score (nSPS) is 18.8. The summed E-state index contributed by atoms with van der Waals surface area (Å²) in [5, 5.41) is 1.70. The van der Waals surface area contributed by atoms with Crippen molar-refractivity contribution in [3.8, 4) is 0 Å². The summed E-state index contributed by atoms with van der Waals surface area (Å²) in [6, 6.07) is 1.70. The molecular formula is C13H23N3O2S2. The van der Waals surface area contributed by atoms with Crippen LogP contribution in [0.4, 0.5) is 0 Å². The van der Waals surface area contributed by atoms with E-state index >= 15 is 0 Å². The van der Waals surface area contributed by atoms with Crippen molar-refractivity contribution in [2.24, 2.45) is 11.7 Å². The SMILES string of the molecule is CN(C)CC1CCN(S(=O)(=O)c2csc(CN)c2)CC1. The summed E-state index contributed by atoms with van der Waals surface area (Å²) in [5.41, 5.74) is 5.55. The zero-order valence-corrected chi connectivity index (χ0v) is 13.7.